The second-order valence-electron chi connectivity index (χ2n) is 12.0. The molecule has 9 rings (SSSR count). The number of fused-ring (bicyclic) bond motifs is 3. The van der Waals surface area contributed by atoms with Crippen LogP contribution in [-0.4, -0.2) is 15.0 Å². The fraction of sp³-hybridized carbons (Fsp3) is 0. The Morgan fingerprint density at radius 1 is 0.327 bits per heavy atom. The summed E-state index contributed by atoms with van der Waals surface area (Å²) in [5.41, 5.74) is 11.0. The SMILES string of the molecule is c1ccc(-c2cccc(-c3nc(-c4ccccc4)nc(-c4cccc5oc6c(-c7ccccc7)cc(-c7ccccc7)cc6c45)n3)c2)cc1. The van der Waals surface area contributed by atoms with Crippen LogP contribution in [0.15, 0.2) is 180 Å². The molecule has 0 saturated carbocycles. The molecule has 0 bridgehead atoms. The van der Waals surface area contributed by atoms with Crippen molar-refractivity contribution in [2.45, 2.75) is 0 Å². The Hall–Kier alpha value is -6.65. The predicted molar refractivity (Wildman–Crippen MR) is 200 cm³/mol. The van der Waals surface area contributed by atoms with Gasteiger partial charge in [0.1, 0.15) is 11.2 Å². The molecule has 49 heavy (non-hydrogen) atoms. The van der Waals surface area contributed by atoms with Crippen molar-refractivity contribution in [2.24, 2.45) is 0 Å². The second-order valence-corrected chi connectivity index (χ2v) is 12.0. The van der Waals surface area contributed by atoms with E-state index in [4.69, 9.17) is 19.4 Å². The van der Waals surface area contributed by atoms with Crippen LogP contribution in [0.5, 0.6) is 0 Å². The first kappa shape index (κ1) is 28.6. The molecule has 0 atom stereocenters. The van der Waals surface area contributed by atoms with Crippen molar-refractivity contribution in [1.29, 1.82) is 0 Å². The minimum atomic E-state index is 0.591. The first-order valence-corrected chi connectivity index (χ1v) is 16.4. The molecular weight excluding hydrogens is 599 g/mol. The summed E-state index contributed by atoms with van der Waals surface area (Å²) in [6.07, 6.45) is 0. The highest BCUT2D eigenvalue weighted by Gasteiger charge is 2.21. The minimum Gasteiger partial charge on any atom is -0.455 e. The number of aromatic nitrogens is 3. The van der Waals surface area contributed by atoms with Crippen molar-refractivity contribution < 1.29 is 4.42 Å². The largest absolute Gasteiger partial charge is 0.455 e. The molecule has 2 heterocycles. The third-order valence-corrected chi connectivity index (χ3v) is 8.92. The Balaban J connectivity index is 1.30. The summed E-state index contributed by atoms with van der Waals surface area (Å²) in [6.45, 7) is 0. The average molecular weight is 628 g/mol. The molecule has 2 aromatic heterocycles. The fourth-order valence-electron chi connectivity index (χ4n) is 6.55. The van der Waals surface area contributed by atoms with E-state index in [1.807, 2.05) is 60.7 Å². The lowest BCUT2D eigenvalue weighted by atomic mass is 9.95. The van der Waals surface area contributed by atoms with E-state index in [0.717, 1.165) is 72.0 Å². The maximum absolute atomic E-state index is 6.71. The van der Waals surface area contributed by atoms with E-state index in [2.05, 4.69) is 115 Å². The van der Waals surface area contributed by atoms with E-state index in [1.165, 1.54) is 0 Å². The highest BCUT2D eigenvalue weighted by atomic mass is 16.3. The first-order valence-electron chi connectivity index (χ1n) is 16.4. The highest BCUT2D eigenvalue weighted by molar-refractivity contribution is 6.16. The zero-order chi connectivity index (χ0) is 32.6. The molecule has 0 fully saturated rings. The fourth-order valence-corrected chi connectivity index (χ4v) is 6.55. The van der Waals surface area contributed by atoms with Crippen LogP contribution < -0.4 is 0 Å². The Morgan fingerprint density at radius 2 is 0.837 bits per heavy atom. The molecule has 0 radical (unpaired) electrons. The van der Waals surface area contributed by atoms with E-state index in [0.29, 0.717) is 17.5 Å². The van der Waals surface area contributed by atoms with Crippen LogP contribution in [-0.2, 0) is 0 Å². The van der Waals surface area contributed by atoms with E-state index in [9.17, 15) is 0 Å². The molecule has 4 heteroatoms. The Bertz CT molecular complexity index is 2580. The van der Waals surface area contributed by atoms with Crippen molar-refractivity contribution in [3.63, 3.8) is 0 Å². The van der Waals surface area contributed by atoms with E-state index < -0.39 is 0 Å². The zero-order valence-electron chi connectivity index (χ0n) is 26.5. The summed E-state index contributed by atoms with van der Waals surface area (Å²) in [5.74, 6) is 1.82. The average Bonchev–Trinajstić information content (AvgIpc) is 3.58. The van der Waals surface area contributed by atoms with Crippen LogP contribution in [0.25, 0.3) is 89.5 Å². The number of rotatable bonds is 6. The number of hydrogen-bond donors (Lipinski definition) is 0. The second kappa shape index (κ2) is 12.2. The maximum atomic E-state index is 6.71. The van der Waals surface area contributed by atoms with E-state index in [1.54, 1.807) is 0 Å². The zero-order valence-corrected chi connectivity index (χ0v) is 26.5. The van der Waals surface area contributed by atoms with Crippen LogP contribution in [0.1, 0.15) is 0 Å². The predicted octanol–water partition coefficient (Wildman–Crippen LogP) is 11.8. The van der Waals surface area contributed by atoms with Crippen LogP contribution in [0, 0.1) is 0 Å². The number of hydrogen-bond acceptors (Lipinski definition) is 4. The van der Waals surface area contributed by atoms with E-state index in [-0.39, 0.29) is 0 Å². The van der Waals surface area contributed by atoms with Gasteiger partial charge < -0.3 is 4.42 Å². The molecule has 7 aromatic carbocycles. The molecule has 0 aliphatic carbocycles. The molecule has 0 saturated heterocycles. The number of furan rings is 1. The lowest BCUT2D eigenvalue weighted by Crippen LogP contribution is -2.00. The van der Waals surface area contributed by atoms with Gasteiger partial charge in [0.15, 0.2) is 17.5 Å². The van der Waals surface area contributed by atoms with Gasteiger partial charge in [-0.1, -0.05) is 152 Å². The van der Waals surface area contributed by atoms with Gasteiger partial charge in [0.25, 0.3) is 0 Å². The third kappa shape index (κ3) is 5.35. The van der Waals surface area contributed by atoms with Crippen LogP contribution in [0.3, 0.4) is 0 Å². The standard InChI is InChI=1S/C45H29N3O/c1-5-15-30(16-6-1)34-23-13-24-35(27-34)44-46-43(33-21-11-4-12-22-33)47-45(48-44)37-25-14-26-40-41(37)39-29-36(31-17-7-2-8-18-31)28-38(42(39)49-40)32-19-9-3-10-20-32/h1-29H. The molecule has 0 aliphatic rings. The van der Waals surface area contributed by atoms with Gasteiger partial charge in [-0.25, -0.2) is 15.0 Å². The Labute approximate surface area is 284 Å². The van der Waals surface area contributed by atoms with Crippen LogP contribution in [0.4, 0.5) is 0 Å². The number of benzene rings is 7. The topological polar surface area (TPSA) is 51.8 Å². The summed E-state index contributed by atoms with van der Waals surface area (Å²) in [6, 6.07) is 60.4. The summed E-state index contributed by atoms with van der Waals surface area (Å²) in [5, 5.41) is 1.99. The van der Waals surface area contributed by atoms with Gasteiger partial charge in [0.2, 0.25) is 0 Å². The number of nitrogens with zero attached hydrogens (tertiary/aromatic N) is 3. The van der Waals surface area contributed by atoms with Gasteiger partial charge in [0, 0.05) is 33.0 Å². The maximum Gasteiger partial charge on any atom is 0.164 e. The molecule has 230 valence electrons. The van der Waals surface area contributed by atoms with Gasteiger partial charge in [-0.2, -0.15) is 0 Å². The monoisotopic (exact) mass is 627 g/mol. The van der Waals surface area contributed by atoms with E-state index >= 15 is 0 Å². The molecule has 0 aliphatic heterocycles. The summed E-state index contributed by atoms with van der Waals surface area (Å²) in [7, 11) is 0. The van der Waals surface area contributed by atoms with Gasteiger partial charge in [-0.05, 0) is 52.1 Å². The molecule has 0 unspecified atom stereocenters. The van der Waals surface area contributed by atoms with Gasteiger partial charge in [0.05, 0.1) is 0 Å². The van der Waals surface area contributed by atoms with Crippen LogP contribution in [0.2, 0.25) is 0 Å². The molecule has 0 amide bonds. The van der Waals surface area contributed by atoms with Gasteiger partial charge >= 0.3 is 0 Å². The summed E-state index contributed by atoms with van der Waals surface area (Å²) in [4.78, 5) is 15.3. The Kier molecular flexibility index (Phi) is 7.10. The van der Waals surface area contributed by atoms with Crippen molar-refractivity contribution in [1.82, 2.24) is 15.0 Å². The molecule has 0 N–H and O–H groups in total. The van der Waals surface area contributed by atoms with Crippen molar-refractivity contribution >= 4 is 21.9 Å². The quantitative estimate of drug-likeness (QED) is 0.184. The molecule has 4 nitrogen and oxygen atoms in total. The Morgan fingerprint density at radius 3 is 1.51 bits per heavy atom. The van der Waals surface area contributed by atoms with Gasteiger partial charge in [-0.3, -0.25) is 0 Å². The van der Waals surface area contributed by atoms with Crippen molar-refractivity contribution in [3.8, 4) is 67.5 Å². The molecular formula is C45H29N3O. The lowest BCUT2D eigenvalue weighted by Gasteiger charge is -2.11. The normalized spacial score (nSPS) is 11.3. The molecule has 0 spiro atoms. The van der Waals surface area contributed by atoms with Crippen LogP contribution >= 0.6 is 0 Å². The summed E-state index contributed by atoms with van der Waals surface area (Å²) < 4.78 is 6.71. The summed E-state index contributed by atoms with van der Waals surface area (Å²) >= 11 is 0. The minimum absolute atomic E-state index is 0.591. The van der Waals surface area contributed by atoms with Crippen molar-refractivity contribution in [2.75, 3.05) is 0 Å². The first-order chi connectivity index (χ1) is 24.3. The third-order valence-electron chi connectivity index (χ3n) is 8.92. The van der Waals surface area contributed by atoms with Crippen molar-refractivity contribution in [3.05, 3.63) is 176 Å². The highest BCUT2D eigenvalue weighted by Crippen LogP contribution is 2.43. The van der Waals surface area contributed by atoms with Gasteiger partial charge in [-0.15, -0.1) is 0 Å². The lowest BCUT2D eigenvalue weighted by molar-refractivity contribution is 0.670. The smallest absolute Gasteiger partial charge is 0.164 e. The molecule has 9 aromatic rings.